The molecular formula is C16H22FN3O2. The Labute approximate surface area is 129 Å². The van der Waals surface area contributed by atoms with E-state index in [4.69, 9.17) is 5.73 Å². The number of amides is 2. The molecule has 2 amide bonds. The van der Waals surface area contributed by atoms with E-state index in [0.29, 0.717) is 51.1 Å². The first kappa shape index (κ1) is 16.4. The zero-order valence-corrected chi connectivity index (χ0v) is 12.6. The molecule has 0 atom stereocenters. The number of nitrogens with two attached hydrogens (primary N) is 1. The van der Waals surface area contributed by atoms with Crippen LogP contribution in [0.2, 0.25) is 0 Å². The van der Waals surface area contributed by atoms with Crippen molar-refractivity contribution < 1.29 is 14.0 Å². The summed E-state index contributed by atoms with van der Waals surface area (Å²) in [5, 5.41) is 0. The third-order valence-electron chi connectivity index (χ3n) is 3.88. The minimum Gasteiger partial charge on any atom is -0.339 e. The SMILES string of the molecule is NCCCC(=O)N1CCN(C(=O)Cc2ccccc2F)CC1. The molecule has 0 aromatic heterocycles. The van der Waals surface area contributed by atoms with Gasteiger partial charge in [0.1, 0.15) is 5.82 Å². The van der Waals surface area contributed by atoms with Crippen molar-refractivity contribution in [3.63, 3.8) is 0 Å². The Morgan fingerprint density at radius 2 is 1.64 bits per heavy atom. The molecule has 2 N–H and O–H groups in total. The van der Waals surface area contributed by atoms with E-state index in [1.165, 1.54) is 6.07 Å². The molecule has 6 heteroatoms. The van der Waals surface area contributed by atoms with Gasteiger partial charge in [-0.1, -0.05) is 18.2 Å². The highest BCUT2D eigenvalue weighted by atomic mass is 19.1. The second kappa shape index (κ2) is 7.89. The van der Waals surface area contributed by atoms with Crippen LogP contribution >= 0.6 is 0 Å². The molecular weight excluding hydrogens is 285 g/mol. The van der Waals surface area contributed by atoms with Crippen LogP contribution < -0.4 is 5.73 Å². The summed E-state index contributed by atoms with van der Waals surface area (Å²) in [6, 6.07) is 6.31. The van der Waals surface area contributed by atoms with Crippen LogP contribution in [0, 0.1) is 5.82 Å². The van der Waals surface area contributed by atoms with E-state index < -0.39 is 0 Å². The lowest BCUT2D eigenvalue weighted by Crippen LogP contribution is -2.51. The fraction of sp³-hybridized carbons (Fsp3) is 0.500. The van der Waals surface area contributed by atoms with Crippen molar-refractivity contribution in [1.29, 1.82) is 0 Å². The Morgan fingerprint density at radius 3 is 2.23 bits per heavy atom. The number of rotatable bonds is 5. The van der Waals surface area contributed by atoms with E-state index in [2.05, 4.69) is 0 Å². The first-order chi connectivity index (χ1) is 10.6. The van der Waals surface area contributed by atoms with Crippen LogP contribution in [0.4, 0.5) is 4.39 Å². The molecule has 0 bridgehead atoms. The van der Waals surface area contributed by atoms with Gasteiger partial charge in [0, 0.05) is 32.6 Å². The molecule has 1 aromatic carbocycles. The zero-order valence-electron chi connectivity index (χ0n) is 12.6. The lowest BCUT2D eigenvalue weighted by Gasteiger charge is -2.35. The van der Waals surface area contributed by atoms with Gasteiger partial charge in [0.05, 0.1) is 6.42 Å². The van der Waals surface area contributed by atoms with Crippen LogP contribution in [0.15, 0.2) is 24.3 Å². The number of halogens is 1. The topological polar surface area (TPSA) is 66.6 Å². The zero-order chi connectivity index (χ0) is 15.9. The van der Waals surface area contributed by atoms with Crippen molar-refractivity contribution in [2.75, 3.05) is 32.7 Å². The maximum Gasteiger partial charge on any atom is 0.227 e. The van der Waals surface area contributed by atoms with Gasteiger partial charge in [-0.15, -0.1) is 0 Å². The summed E-state index contributed by atoms with van der Waals surface area (Å²) in [6.07, 6.45) is 1.21. The van der Waals surface area contributed by atoms with Gasteiger partial charge < -0.3 is 15.5 Å². The Kier molecular flexibility index (Phi) is 5.89. The van der Waals surface area contributed by atoms with Gasteiger partial charge in [-0.05, 0) is 24.6 Å². The van der Waals surface area contributed by atoms with Gasteiger partial charge in [-0.2, -0.15) is 0 Å². The Morgan fingerprint density at radius 1 is 1.05 bits per heavy atom. The number of hydrogen-bond acceptors (Lipinski definition) is 3. The van der Waals surface area contributed by atoms with Gasteiger partial charge >= 0.3 is 0 Å². The predicted octanol–water partition coefficient (Wildman–Crippen LogP) is 0.778. The first-order valence-electron chi connectivity index (χ1n) is 7.61. The highest BCUT2D eigenvalue weighted by Crippen LogP contribution is 2.11. The second-order valence-corrected chi connectivity index (χ2v) is 5.42. The molecule has 1 heterocycles. The Balaban J connectivity index is 1.82. The summed E-state index contributed by atoms with van der Waals surface area (Å²) in [5.74, 6) is -0.364. The fourth-order valence-electron chi connectivity index (χ4n) is 2.53. The average Bonchev–Trinajstić information content (AvgIpc) is 2.55. The summed E-state index contributed by atoms with van der Waals surface area (Å²) >= 11 is 0. The minimum atomic E-state index is -0.355. The third kappa shape index (κ3) is 4.27. The average molecular weight is 307 g/mol. The van der Waals surface area contributed by atoms with Crippen LogP contribution in [-0.4, -0.2) is 54.3 Å². The largest absolute Gasteiger partial charge is 0.339 e. The van der Waals surface area contributed by atoms with Crippen molar-refractivity contribution in [2.24, 2.45) is 5.73 Å². The number of carbonyl (C=O) groups is 2. The highest BCUT2D eigenvalue weighted by molar-refractivity contribution is 5.80. The Hall–Kier alpha value is -1.95. The normalized spacial score (nSPS) is 15.0. The maximum absolute atomic E-state index is 13.6. The summed E-state index contributed by atoms with van der Waals surface area (Å²) in [6.45, 7) is 2.58. The van der Waals surface area contributed by atoms with E-state index in [1.807, 2.05) is 0 Å². The van der Waals surface area contributed by atoms with Crippen LogP contribution in [0.5, 0.6) is 0 Å². The van der Waals surface area contributed by atoms with Gasteiger partial charge in [0.25, 0.3) is 0 Å². The second-order valence-electron chi connectivity index (χ2n) is 5.42. The lowest BCUT2D eigenvalue weighted by atomic mass is 10.1. The van der Waals surface area contributed by atoms with Gasteiger partial charge in [-0.3, -0.25) is 9.59 Å². The molecule has 120 valence electrons. The highest BCUT2D eigenvalue weighted by Gasteiger charge is 2.24. The molecule has 5 nitrogen and oxygen atoms in total. The van der Waals surface area contributed by atoms with Gasteiger partial charge in [0.2, 0.25) is 11.8 Å². The van der Waals surface area contributed by atoms with Gasteiger partial charge in [-0.25, -0.2) is 4.39 Å². The quantitative estimate of drug-likeness (QED) is 0.874. The summed E-state index contributed by atoms with van der Waals surface area (Å²) in [5.41, 5.74) is 5.81. The standard InChI is InChI=1S/C16H22FN3O2/c17-14-5-2-1-4-13(14)12-16(22)20-10-8-19(9-11-20)15(21)6-3-7-18/h1-2,4-5H,3,6-12,18H2. The van der Waals surface area contributed by atoms with Crippen LogP contribution in [0.1, 0.15) is 18.4 Å². The molecule has 0 saturated carbocycles. The van der Waals surface area contributed by atoms with Crippen LogP contribution in [0.3, 0.4) is 0 Å². The molecule has 0 aliphatic carbocycles. The monoisotopic (exact) mass is 307 g/mol. The van der Waals surface area contributed by atoms with E-state index in [9.17, 15) is 14.0 Å². The molecule has 0 spiro atoms. The Bertz CT molecular complexity index is 528. The van der Waals surface area contributed by atoms with E-state index >= 15 is 0 Å². The van der Waals surface area contributed by atoms with Crippen molar-refractivity contribution in [1.82, 2.24) is 9.80 Å². The molecule has 1 aliphatic heterocycles. The molecule has 0 radical (unpaired) electrons. The molecule has 1 fully saturated rings. The van der Waals surface area contributed by atoms with Crippen molar-refractivity contribution in [2.45, 2.75) is 19.3 Å². The fourth-order valence-corrected chi connectivity index (χ4v) is 2.53. The van der Waals surface area contributed by atoms with Crippen molar-refractivity contribution >= 4 is 11.8 Å². The molecule has 0 unspecified atom stereocenters. The molecule has 2 rings (SSSR count). The van der Waals surface area contributed by atoms with E-state index in [1.54, 1.807) is 28.0 Å². The third-order valence-corrected chi connectivity index (χ3v) is 3.88. The van der Waals surface area contributed by atoms with Gasteiger partial charge in [0.15, 0.2) is 0 Å². The minimum absolute atomic E-state index is 0.0633. The molecule has 1 aliphatic rings. The molecule has 1 saturated heterocycles. The van der Waals surface area contributed by atoms with E-state index in [-0.39, 0.29) is 24.1 Å². The van der Waals surface area contributed by atoms with Crippen LogP contribution in [-0.2, 0) is 16.0 Å². The number of piperazine rings is 1. The number of nitrogens with zero attached hydrogens (tertiary/aromatic N) is 2. The number of hydrogen-bond donors (Lipinski definition) is 1. The molecule has 22 heavy (non-hydrogen) atoms. The van der Waals surface area contributed by atoms with E-state index in [0.717, 1.165) is 0 Å². The van der Waals surface area contributed by atoms with Crippen molar-refractivity contribution in [3.8, 4) is 0 Å². The maximum atomic E-state index is 13.6. The first-order valence-corrected chi connectivity index (χ1v) is 7.61. The predicted molar refractivity (Wildman–Crippen MR) is 81.6 cm³/mol. The summed E-state index contributed by atoms with van der Waals surface area (Å²) < 4.78 is 13.6. The summed E-state index contributed by atoms with van der Waals surface area (Å²) in [4.78, 5) is 27.6. The molecule has 1 aromatic rings. The number of carbonyl (C=O) groups excluding carboxylic acids is 2. The lowest BCUT2D eigenvalue weighted by molar-refractivity contribution is -0.139. The summed E-state index contributed by atoms with van der Waals surface area (Å²) in [7, 11) is 0. The van der Waals surface area contributed by atoms with Crippen LogP contribution in [0.25, 0.3) is 0 Å². The number of benzene rings is 1. The smallest absolute Gasteiger partial charge is 0.227 e. The van der Waals surface area contributed by atoms with Crippen molar-refractivity contribution in [3.05, 3.63) is 35.6 Å².